The highest BCUT2D eigenvalue weighted by Crippen LogP contribution is 2.28. The van der Waals surface area contributed by atoms with Crippen LogP contribution in [-0.4, -0.2) is 37.1 Å². The van der Waals surface area contributed by atoms with Crippen LogP contribution in [0.25, 0.3) is 0 Å². The van der Waals surface area contributed by atoms with E-state index in [9.17, 15) is 0 Å². The molecule has 1 fully saturated rings. The van der Waals surface area contributed by atoms with Gasteiger partial charge in [-0.15, -0.1) is 0 Å². The monoisotopic (exact) mass is 240 g/mol. The second-order valence-electron chi connectivity index (χ2n) is 7.24. The van der Waals surface area contributed by atoms with Crippen molar-refractivity contribution in [2.45, 2.75) is 54.0 Å². The first-order chi connectivity index (χ1) is 7.80. The van der Waals surface area contributed by atoms with Gasteiger partial charge in [0.15, 0.2) is 0 Å². The fraction of sp³-hybridized carbons (Fsp3) is 1.00. The normalized spacial score (nSPS) is 24.5. The molecule has 0 aliphatic carbocycles. The van der Waals surface area contributed by atoms with Gasteiger partial charge in [-0.1, -0.05) is 34.6 Å². The van der Waals surface area contributed by atoms with Crippen LogP contribution in [0, 0.1) is 17.3 Å². The fourth-order valence-electron chi connectivity index (χ4n) is 2.50. The van der Waals surface area contributed by atoms with E-state index in [0.717, 1.165) is 18.4 Å². The van der Waals surface area contributed by atoms with Crippen LogP contribution in [0.1, 0.15) is 48.0 Å². The summed E-state index contributed by atoms with van der Waals surface area (Å²) in [5, 5.41) is 3.60. The van der Waals surface area contributed by atoms with E-state index in [0.29, 0.717) is 11.5 Å². The highest BCUT2D eigenvalue weighted by Gasteiger charge is 2.31. The Morgan fingerprint density at radius 2 is 1.88 bits per heavy atom. The van der Waals surface area contributed by atoms with Crippen LogP contribution < -0.4 is 5.32 Å². The molecule has 0 bridgehead atoms. The lowest BCUT2D eigenvalue weighted by Crippen LogP contribution is -2.41. The molecule has 2 atom stereocenters. The average Bonchev–Trinajstić information content (AvgIpc) is 2.63. The van der Waals surface area contributed by atoms with Crippen molar-refractivity contribution in [3.8, 4) is 0 Å². The van der Waals surface area contributed by atoms with Gasteiger partial charge in [-0.05, 0) is 50.2 Å². The SMILES string of the molecule is CC(C)CNCC1CCN(C(C)C(C)(C)C)C1. The molecule has 2 unspecified atom stereocenters. The van der Waals surface area contributed by atoms with E-state index in [2.05, 4.69) is 51.8 Å². The maximum absolute atomic E-state index is 3.60. The van der Waals surface area contributed by atoms with E-state index in [1.807, 2.05) is 0 Å². The van der Waals surface area contributed by atoms with E-state index < -0.39 is 0 Å². The summed E-state index contributed by atoms with van der Waals surface area (Å²) < 4.78 is 0. The molecule has 102 valence electrons. The molecule has 2 heteroatoms. The first kappa shape index (κ1) is 15.0. The summed E-state index contributed by atoms with van der Waals surface area (Å²) in [6.07, 6.45) is 1.37. The van der Waals surface area contributed by atoms with Gasteiger partial charge in [0.05, 0.1) is 0 Å². The summed E-state index contributed by atoms with van der Waals surface area (Å²) in [5.41, 5.74) is 0.403. The molecule has 17 heavy (non-hydrogen) atoms. The lowest BCUT2D eigenvalue weighted by Gasteiger charge is -2.35. The molecule has 0 aromatic carbocycles. The Bertz CT molecular complexity index is 217. The number of nitrogens with one attached hydrogen (secondary N) is 1. The Hall–Kier alpha value is -0.0800. The maximum Gasteiger partial charge on any atom is 0.0116 e. The van der Waals surface area contributed by atoms with Gasteiger partial charge in [0.1, 0.15) is 0 Å². The Morgan fingerprint density at radius 3 is 2.41 bits per heavy atom. The van der Waals surface area contributed by atoms with Crippen LogP contribution in [0.5, 0.6) is 0 Å². The quantitative estimate of drug-likeness (QED) is 0.795. The zero-order chi connectivity index (χ0) is 13.1. The van der Waals surface area contributed by atoms with Gasteiger partial charge in [-0.3, -0.25) is 4.90 Å². The number of hydrogen-bond acceptors (Lipinski definition) is 2. The number of likely N-dealkylation sites (tertiary alicyclic amines) is 1. The number of rotatable bonds is 5. The molecular formula is C15H32N2. The smallest absolute Gasteiger partial charge is 0.0116 e. The second kappa shape index (κ2) is 6.19. The fourth-order valence-corrected chi connectivity index (χ4v) is 2.50. The van der Waals surface area contributed by atoms with Crippen molar-refractivity contribution in [1.82, 2.24) is 10.2 Å². The topological polar surface area (TPSA) is 15.3 Å². The van der Waals surface area contributed by atoms with E-state index in [1.54, 1.807) is 0 Å². The average molecular weight is 240 g/mol. The zero-order valence-corrected chi connectivity index (χ0v) is 12.7. The third kappa shape index (κ3) is 4.97. The Morgan fingerprint density at radius 1 is 1.24 bits per heavy atom. The molecule has 1 N–H and O–H groups in total. The van der Waals surface area contributed by atoms with Crippen molar-refractivity contribution < 1.29 is 0 Å². The summed E-state index contributed by atoms with van der Waals surface area (Å²) in [7, 11) is 0. The van der Waals surface area contributed by atoms with Crippen molar-refractivity contribution in [2.75, 3.05) is 26.2 Å². The van der Waals surface area contributed by atoms with Crippen molar-refractivity contribution >= 4 is 0 Å². The minimum absolute atomic E-state index is 0.403. The minimum Gasteiger partial charge on any atom is -0.316 e. The van der Waals surface area contributed by atoms with Crippen LogP contribution in [0.4, 0.5) is 0 Å². The molecular weight excluding hydrogens is 208 g/mol. The van der Waals surface area contributed by atoms with Crippen molar-refractivity contribution in [3.63, 3.8) is 0 Å². The Balaban J connectivity index is 2.28. The molecule has 1 rings (SSSR count). The van der Waals surface area contributed by atoms with Crippen molar-refractivity contribution in [2.24, 2.45) is 17.3 Å². The molecule has 0 amide bonds. The van der Waals surface area contributed by atoms with Gasteiger partial charge in [-0.25, -0.2) is 0 Å². The molecule has 0 aromatic heterocycles. The van der Waals surface area contributed by atoms with Crippen molar-refractivity contribution in [3.05, 3.63) is 0 Å². The lowest BCUT2D eigenvalue weighted by atomic mass is 9.87. The maximum atomic E-state index is 3.60. The van der Waals surface area contributed by atoms with Gasteiger partial charge in [-0.2, -0.15) is 0 Å². The zero-order valence-electron chi connectivity index (χ0n) is 12.7. The van der Waals surface area contributed by atoms with Gasteiger partial charge < -0.3 is 5.32 Å². The summed E-state index contributed by atoms with van der Waals surface area (Å²) in [5.74, 6) is 1.62. The molecule has 1 heterocycles. The number of nitrogens with zero attached hydrogens (tertiary/aromatic N) is 1. The first-order valence-corrected chi connectivity index (χ1v) is 7.25. The highest BCUT2D eigenvalue weighted by molar-refractivity contribution is 4.86. The van der Waals surface area contributed by atoms with E-state index in [1.165, 1.54) is 26.1 Å². The number of hydrogen-bond donors (Lipinski definition) is 1. The van der Waals surface area contributed by atoms with Gasteiger partial charge in [0, 0.05) is 12.6 Å². The van der Waals surface area contributed by atoms with Crippen LogP contribution in [0.15, 0.2) is 0 Å². The Kier molecular flexibility index (Phi) is 5.46. The molecule has 0 saturated carbocycles. The molecule has 0 radical (unpaired) electrons. The minimum atomic E-state index is 0.403. The summed E-state index contributed by atoms with van der Waals surface area (Å²) in [4.78, 5) is 2.67. The van der Waals surface area contributed by atoms with Gasteiger partial charge in [0.2, 0.25) is 0 Å². The predicted octanol–water partition coefficient (Wildman–Crippen LogP) is 2.99. The summed E-state index contributed by atoms with van der Waals surface area (Å²) >= 11 is 0. The van der Waals surface area contributed by atoms with E-state index >= 15 is 0 Å². The molecule has 1 saturated heterocycles. The molecule has 1 aliphatic heterocycles. The van der Waals surface area contributed by atoms with Gasteiger partial charge >= 0.3 is 0 Å². The summed E-state index contributed by atoms with van der Waals surface area (Å²) in [6.45, 7) is 18.9. The van der Waals surface area contributed by atoms with Crippen LogP contribution >= 0.6 is 0 Å². The standard InChI is InChI=1S/C15H32N2/c1-12(2)9-16-10-14-7-8-17(11-14)13(3)15(4,5)6/h12-14,16H,7-11H2,1-6H3. The van der Waals surface area contributed by atoms with Crippen LogP contribution in [-0.2, 0) is 0 Å². The van der Waals surface area contributed by atoms with E-state index in [4.69, 9.17) is 0 Å². The van der Waals surface area contributed by atoms with Crippen molar-refractivity contribution in [1.29, 1.82) is 0 Å². The largest absolute Gasteiger partial charge is 0.316 e. The molecule has 0 spiro atoms. The Labute approximate surface area is 108 Å². The summed E-state index contributed by atoms with van der Waals surface area (Å²) in [6, 6.07) is 0.692. The van der Waals surface area contributed by atoms with Crippen LogP contribution in [0.2, 0.25) is 0 Å². The lowest BCUT2D eigenvalue weighted by molar-refractivity contribution is 0.135. The van der Waals surface area contributed by atoms with Gasteiger partial charge in [0.25, 0.3) is 0 Å². The molecule has 2 nitrogen and oxygen atoms in total. The van der Waals surface area contributed by atoms with E-state index in [-0.39, 0.29) is 0 Å². The third-order valence-electron chi connectivity index (χ3n) is 4.10. The second-order valence-corrected chi connectivity index (χ2v) is 7.24. The first-order valence-electron chi connectivity index (χ1n) is 7.25. The van der Waals surface area contributed by atoms with Crippen LogP contribution in [0.3, 0.4) is 0 Å². The molecule has 0 aromatic rings. The predicted molar refractivity (Wildman–Crippen MR) is 76.3 cm³/mol. The highest BCUT2D eigenvalue weighted by atomic mass is 15.2. The third-order valence-corrected chi connectivity index (χ3v) is 4.10. The molecule has 1 aliphatic rings.